The third kappa shape index (κ3) is 5.12. The van der Waals surface area contributed by atoms with Crippen LogP contribution in [0, 0.1) is 25.2 Å². The van der Waals surface area contributed by atoms with Gasteiger partial charge < -0.3 is 19.5 Å². The molecule has 4 aromatic rings. The molecule has 0 spiro atoms. The van der Waals surface area contributed by atoms with Crippen molar-refractivity contribution in [3.05, 3.63) is 53.7 Å². The number of hydrogen-bond acceptors (Lipinski definition) is 10. The first-order valence-electron chi connectivity index (χ1n) is 11.9. The molecule has 2 N–H and O–H groups in total. The molecule has 0 bridgehead atoms. The van der Waals surface area contributed by atoms with Crippen molar-refractivity contribution < 1.29 is 9.26 Å². The second-order valence-corrected chi connectivity index (χ2v) is 8.67. The molecule has 184 valence electrons. The predicted molar refractivity (Wildman–Crippen MR) is 133 cm³/mol. The topological polar surface area (TPSA) is 142 Å². The van der Waals surface area contributed by atoms with Gasteiger partial charge in [0, 0.05) is 54.3 Å². The summed E-state index contributed by atoms with van der Waals surface area (Å²) in [5.41, 5.74) is 3.54. The Bertz CT molecular complexity index is 1370. The Morgan fingerprint density at radius 1 is 1.25 bits per heavy atom. The minimum atomic E-state index is -0.0578. The SMILES string of the molecule is Cc1cc(Nc2cc(OCCCC#N)nc(N3CCC[C@H]3c3cc(-c4cccnc4C)no3)n2)n[nH]1. The molecule has 0 unspecified atom stereocenters. The molecule has 11 heteroatoms. The van der Waals surface area contributed by atoms with Crippen molar-refractivity contribution in [1.29, 1.82) is 5.26 Å². The largest absolute Gasteiger partial charge is 0.477 e. The van der Waals surface area contributed by atoms with Crippen molar-refractivity contribution in [2.45, 2.75) is 45.6 Å². The van der Waals surface area contributed by atoms with Gasteiger partial charge >= 0.3 is 0 Å². The summed E-state index contributed by atoms with van der Waals surface area (Å²) >= 11 is 0. The van der Waals surface area contributed by atoms with Crippen LogP contribution in [0.5, 0.6) is 5.88 Å². The van der Waals surface area contributed by atoms with E-state index in [0.29, 0.717) is 42.9 Å². The lowest BCUT2D eigenvalue weighted by atomic mass is 10.1. The van der Waals surface area contributed by atoms with Crippen LogP contribution in [0.3, 0.4) is 0 Å². The fourth-order valence-corrected chi connectivity index (χ4v) is 4.25. The molecule has 0 aromatic carbocycles. The molecule has 1 atom stereocenters. The zero-order valence-electron chi connectivity index (χ0n) is 20.2. The molecule has 0 radical (unpaired) electrons. The van der Waals surface area contributed by atoms with E-state index in [-0.39, 0.29) is 6.04 Å². The van der Waals surface area contributed by atoms with Gasteiger partial charge in [0.05, 0.1) is 18.7 Å². The summed E-state index contributed by atoms with van der Waals surface area (Å²) in [6.07, 6.45) is 4.66. The van der Waals surface area contributed by atoms with Crippen LogP contribution < -0.4 is 15.0 Å². The van der Waals surface area contributed by atoms with Crippen molar-refractivity contribution in [1.82, 2.24) is 30.3 Å². The lowest BCUT2D eigenvalue weighted by Gasteiger charge is -2.23. The van der Waals surface area contributed by atoms with E-state index in [0.717, 1.165) is 47.8 Å². The maximum Gasteiger partial charge on any atom is 0.231 e. The standard InChI is InChI=1S/C25H27N9O2/c1-16-13-23(32-31-16)28-22-15-24(35-12-4-3-9-26)30-25(29-22)34-11-6-8-20(34)21-14-19(33-36-21)18-7-5-10-27-17(18)2/h5,7,10,13-15,20H,3-4,6,8,11-12H2,1-2H3,(H2,28,29,30,31,32)/t20-/m0/s1. The molecule has 36 heavy (non-hydrogen) atoms. The maximum atomic E-state index is 8.81. The number of unbranched alkanes of at least 4 members (excludes halogenated alkanes) is 1. The Morgan fingerprint density at radius 3 is 2.97 bits per heavy atom. The van der Waals surface area contributed by atoms with Crippen LogP contribution in [0.15, 0.2) is 41.1 Å². The maximum absolute atomic E-state index is 8.81. The second-order valence-electron chi connectivity index (χ2n) is 8.67. The number of H-pyrrole nitrogens is 1. The molecular weight excluding hydrogens is 458 g/mol. The van der Waals surface area contributed by atoms with E-state index in [4.69, 9.17) is 19.5 Å². The first kappa shape index (κ1) is 23.3. The van der Waals surface area contributed by atoms with E-state index in [2.05, 4.69) is 41.6 Å². The monoisotopic (exact) mass is 485 g/mol. The smallest absolute Gasteiger partial charge is 0.231 e. The highest BCUT2D eigenvalue weighted by Crippen LogP contribution is 2.37. The first-order chi connectivity index (χ1) is 17.6. The van der Waals surface area contributed by atoms with Gasteiger partial charge in [-0.05, 0) is 45.2 Å². The third-order valence-corrected chi connectivity index (χ3v) is 5.99. The van der Waals surface area contributed by atoms with Gasteiger partial charge in [-0.2, -0.15) is 20.3 Å². The van der Waals surface area contributed by atoms with Gasteiger partial charge in [0.15, 0.2) is 11.6 Å². The quantitative estimate of drug-likeness (QED) is 0.322. The van der Waals surface area contributed by atoms with Gasteiger partial charge in [-0.25, -0.2) is 0 Å². The number of pyridine rings is 1. The zero-order valence-corrected chi connectivity index (χ0v) is 20.2. The van der Waals surface area contributed by atoms with Gasteiger partial charge in [-0.1, -0.05) is 5.16 Å². The molecule has 4 aromatic heterocycles. The van der Waals surface area contributed by atoms with Crippen molar-refractivity contribution in [3.8, 4) is 23.2 Å². The summed E-state index contributed by atoms with van der Waals surface area (Å²) in [7, 11) is 0. The summed E-state index contributed by atoms with van der Waals surface area (Å²) < 4.78 is 11.7. The Kier molecular flexibility index (Phi) is 6.75. The molecule has 11 nitrogen and oxygen atoms in total. The lowest BCUT2D eigenvalue weighted by Crippen LogP contribution is -2.25. The van der Waals surface area contributed by atoms with Crippen LogP contribution in [-0.4, -0.2) is 43.5 Å². The van der Waals surface area contributed by atoms with Gasteiger partial charge in [-0.15, -0.1) is 0 Å². The van der Waals surface area contributed by atoms with Gasteiger partial charge in [-0.3, -0.25) is 10.1 Å². The highest BCUT2D eigenvalue weighted by atomic mass is 16.5. The first-order valence-corrected chi connectivity index (χ1v) is 11.9. The van der Waals surface area contributed by atoms with E-state index in [9.17, 15) is 0 Å². The molecule has 0 amide bonds. The zero-order chi connectivity index (χ0) is 24.9. The van der Waals surface area contributed by atoms with Crippen molar-refractivity contribution >= 4 is 17.6 Å². The van der Waals surface area contributed by atoms with Gasteiger partial charge in [0.25, 0.3) is 0 Å². The normalized spacial score (nSPS) is 15.1. The van der Waals surface area contributed by atoms with Crippen LogP contribution in [0.1, 0.15) is 48.9 Å². The van der Waals surface area contributed by atoms with Gasteiger partial charge in [0.1, 0.15) is 11.5 Å². The highest BCUT2D eigenvalue weighted by molar-refractivity contribution is 5.62. The lowest BCUT2D eigenvalue weighted by molar-refractivity contribution is 0.300. The Balaban J connectivity index is 1.42. The molecular formula is C25H27N9O2. The highest BCUT2D eigenvalue weighted by Gasteiger charge is 2.32. The van der Waals surface area contributed by atoms with E-state index >= 15 is 0 Å². The number of nitriles is 1. The van der Waals surface area contributed by atoms with Crippen molar-refractivity contribution in [3.63, 3.8) is 0 Å². The minimum Gasteiger partial charge on any atom is -0.477 e. The molecule has 0 saturated carbocycles. The summed E-state index contributed by atoms with van der Waals surface area (Å²) in [5.74, 6) is 2.93. The van der Waals surface area contributed by atoms with Crippen LogP contribution in [0.25, 0.3) is 11.3 Å². The van der Waals surface area contributed by atoms with Crippen molar-refractivity contribution in [2.75, 3.05) is 23.4 Å². The number of anilines is 3. The number of nitrogens with zero attached hydrogens (tertiary/aromatic N) is 7. The molecule has 5 heterocycles. The van der Waals surface area contributed by atoms with E-state index < -0.39 is 0 Å². The van der Waals surface area contributed by atoms with Crippen molar-refractivity contribution in [2.24, 2.45) is 0 Å². The number of aromatic amines is 1. The Hall–Kier alpha value is -4.46. The number of ether oxygens (including phenoxy) is 1. The van der Waals surface area contributed by atoms with E-state index in [1.165, 1.54) is 0 Å². The summed E-state index contributed by atoms with van der Waals surface area (Å²) in [5, 5.41) is 23.5. The average Bonchev–Trinajstić information content (AvgIpc) is 3.63. The Labute approximate surface area is 208 Å². The minimum absolute atomic E-state index is 0.0578. The van der Waals surface area contributed by atoms with Crippen LogP contribution in [0.2, 0.25) is 0 Å². The average molecular weight is 486 g/mol. The second kappa shape index (κ2) is 10.4. The van der Waals surface area contributed by atoms with Crippen LogP contribution in [-0.2, 0) is 0 Å². The summed E-state index contributed by atoms with van der Waals surface area (Å²) in [4.78, 5) is 15.9. The fraction of sp³-hybridized carbons (Fsp3) is 0.360. The van der Waals surface area contributed by atoms with Gasteiger partial charge in [0.2, 0.25) is 11.8 Å². The number of nitrogens with one attached hydrogen (secondary N) is 2. The molecule has 5 rings (SSSR count). The molecule has 0 aliphatic carbocycles. The third-order valence-electron chi connectivity index (χ3n) is 5.99. The molecule has 1 aliphatic heterocycles. The Morgan fingerprint density at radius 2 is 2.17 bits per heavy atom. The number of aromatic nitrogens is 6. The predicted octanol–water partition coefficient (Wildman–Crippen LogP) is 4.63. The van der Waals surface area contributed by atoms with Crippen LogP contribution >= 0.6 is 0 Å². The molecule has 1 saturated heterocycles. The molecule has 1 aliphatic rings. The number of rotatable bonds is 9. The van der Waals surface area contributed by atoms with Crippen LogP contribution in [0.4, 0.5) is 17.6 Å². The number of hydrogen-bond donors (Lipinski definition) is 2. The summed E-state index contributed by atoms with van der Waals surface area (Å²) in [6.45, 7) is 5.05. The number of aryl methyl sites for hydroxylation is 2. The molecule has 1 fully saturated rings. The van der Waals surface area contributed by atoms with E-state index in [1.54, 1.807) is 12.3 Å². The fourth-order valence-electron chi connectivity index (χ4n) is 4.25. The summed E-state index contributed by atoms with van der Waals surface area (Å²) in [6, 6.07) is 11.6. The van der Waals surface area contributed by atoms with E-state index in [1.807, 2.05) is 38.1 Å².